The van der Waals surface area contributed by atoms with E-state index in [1.54, 1.807) is 4.31 Å². The molecule has 2 heterocycles. The second-order valence-corrected chi connectivity index (χ2v) is 8.47. The van der Waals surface area contributed by atoms with Crippen molar-refractivity contribution in [2.75, 3.05) is 13.1 Å². The Hall–Kier alpha value is -0.430. The van der Waals surface area contributed by atoms with Crippen LogP contribution in [0, 0.1) is 0 Å². The molecular formula is C13H20N2O2S2. The molecule has 0 spiro atoms. The van der Waals surface area contributed by atoms with Gasteiger partial charge in [0.25, 0.3) is 10.0 Å². The maximum atomic E-state index is 12.5. The minimum atomic E-state index is -3.24. The van der Waals surface area contributed by atoms with Crippen LogP contribution in [0.25, 0.3) is 0 Å². The van der Waals surface area contributed by atoms with Gasteiger partial charge in [-0.05, 0) is 42.7 Å². The smallest absolute Gasteiger partial charge is 0.252 e. The first-order chi connectivity index (χ1) is 9.16. The van der Waals surface area contributed by atoms with Crippen LogP contribution in [-0.4, -0.2) is 31.9 Å². The third kappa shape index (κ3) is 3.18. The van der Waals surface area contributed by atoms with Gasteiger partial charge in [-0.1, -0.05) is 6.42 Å². The first-order valence-electron chi connectivity index (χ1n) is 6.97. The average molecular weight is 300 g/mol. The van der Waals surface area contributed by atoms with Gasteiger partial charge in [-0.3, -0.25) is 0 Å². The molecule has 2 fully saturated rings. The number of hydrogen-bond acceptors (Lipinski definition) is 4. The van der Waals surface area contributed by atoms with E-state index >= 15 is 0 Å². The van der Waals surface area contributed by atoms with E-state index in [0.717, 1.165) is 31.4 Å². The predicted octanol–water partition coefficient (Wildman–Crippen LogP) is 2.17. The van der Waals surface area contributed by atoms with Gasteiger partial charge in [0.2, 0.25) is 0 Å². The number of thiophene rings is 1. The monoisotopic (exact) mass is 300 g/mol. The molecule has 0 aromatic carbocycles. The SMILES string of the molecule is O=S(=O)(c1cc(CNC2CC2)cs1)N1CCCCC1. The van der Waals surface area contributed by atoms with Gasteiger partial charge in [0.05, 0.1) is 0 Å². The Balaban J connectivity index is 1.69. The van der Waals surface area contributed by atoms with Gasteiger partial charge in [-0.2, -0.15) is 4.31 Å². The quantitative estimate of drug-likeness (QED) is 0.906. The molecule has 0 unspecified atom stereocenters. The number of hydrogen-bond donors (Lipinski definition) is 1. The topological polar surface area (TPSA) is 49.4 Å². The van der Waals surface area contributed by atoms with Crippen LogP contribution in [-0.2, 0) is 16.6 Å². The van der Waals surface area contributed by atoms with Gasteiger partial charge in [0.1, 0.15) is 4.21 Å². The lowest BCUT2D eigenvalue weighted by atomic mass is 10.2. The highest BCUT2D eigenvalue weighted by molar-refractivity contribution is 7.91. The molecule has 1 aromatic heterocycles. The van der Waals surface area contributed by atoms with E-state index in [1.165, 1.54) is 24.2 Å². The Kier molecular flexibility index (Phi) is 3.93. The zero-order valence-electron chi connectivity index (χ0n) is 11.0. The highest BCUT2D eigenvalue weighted by Crippen LogP contribution is 2.27. The summed E-state index contributed by atoms with van der Waals surface area (Å²) >= 11 is 1.35. The molecular weight excluding hydrogens is 280 g/mol. The molecule has 1 aliphatic carbocycles. The van der Waals surface area contributed by atoms with Crippen molar-refractivity contribution >= 4 is 21.4 Å². The molecule has 0 bridgehead atoms. The molecule has 106 valence electrons. The van der Waals surface area contributed by atoms with Gasteiger partial charge < -0.3 is 5.32 Å². The summed E-state index contributed by atoms with van der Waals surface area (Å²) in [7, 11) is -3.24. The van der Waals surface area contributed by atoms with Crippen LogP contribution in [0.5, 0.6) is 0 Å². The summed E-state index contributed by atoms with van der Waals surface area (Å²) in [6.45, 7) is 2.14. The molecule has 6 heteroatoms. The Morgan fingerprint density at radius 2 is 2.00 bits per heavy atom. The number of rotatable bonds is 5. The first kappa shape index (κ1) is 13.5. The lowest BCUT2D eigenvalue weighted by molar-refractivity contribution is 0.347. The Bertz CT molecular complexity index is 529. The fraction of sp³-hybridized carbons (Fsp3) is 0.692. The minimum absolute atomic E-state index is 0.502. The molecule has 0 amide bonds. The normalized spacial score (nSPS) is 21.7. The van der Waals surface area contributed by atoms with Crippen molar-refractivity contribution in [3.63, 3.8) is 0 Å². The van der Waals surface area contributed by atoms with Crippen molar-refractivity contribution < 1.29 is 8.42 Å². The third-order valence-electron chi connectivity index (χ3n) is 3.71. The summed E-state index contributed by atoms with van der Waals surface area (Å²) in [6.07, 6.45) is 5.63. The fourth-order valence-electron chi connectivity index (χ4n) is 2.36. The van der Waals surface area contributed by atoms with E-state index in [2.05, 4.69) is 5.32 Å². The van der Waals surface area contributed by atoms with Crippen molar-refractivity contribution in [1.29, 1.82) is 0 Å². The maximum absolute atomic E-state index is 12.5. The fourth-order valence-corrected chi connectivity index (χ4v) is 5.24. The van der Waals surface area contributed by atoms with E-state index in [0.29, 0.717) is 23.3 Å². The van der Waals surface area contributed by atoms with Gasteiger partial charge in [0, 0.05) is 25.7 Å². The molecule has 0 atom stereocenters. The lowest BCUT2D eigenvalue weighted by Gasteiger charge is -2.25. The zero-order valence-corrected chi connectivity index (χ0v) is 12.6. The van der Waals surface area contributed by atoms with Crippen LogP contribution in [0.2, 0.25) is 0 Å². The summed E-state index contributed by atoms with van der Waals surface area (Å²) in [4.78, 5) is 0. The highest BCUT2D eigenvalue weighted by atomic mass is 32.2. The van der Waals surface area contributed by atoms with Crippen molar-refractivity contribution in [1.82, 2.24) is 9.62 Å². The van der Waals surface area contributed by atoms with Crippen LogP contribution in [0.4, 0.5) is 0 Å². The summed E-state index contributed by atoms with van der Waals surface area (Å²) < 4.78 is 27.1. The number of sulfonamides is 1. The number of nitrogens with one attached hydrogen (secondary N) is 1. The van der Waals surface area contributed by atoms with Gasteiger partial charge in [-0.25, -0.2) is 8.42 Å². The van der Waals surface area contributed by atoms with Crippen molar-refractivity contribution in [2.45, 2.75) is 48.9 Å². The minimum Gasteiger partial charge on any atom is -0.310 e. The van der Waals surface area contributed by atoms with Crippen LogP contribution in [0.1, 0.15) is 37.7 Å². The maximum Gasteiger partial charge on any atom is 0.252 e. The zero-order chi connectivity index (χ0) is 13.3. The van der Waals surface area contributed by atoms with Crippen molar-refractivity contribution in [3.8, 4) is 0 Å². The second kappa shape index (κ2) is 5.52. The molecule has 3 rings (SSSR count). The molecule has 1 N–H and O–H groups in total. The summed E-state index contributed by atoms with van der Waals surface area (Å²) in [6, 6.07) is 2.49. The van der Waals surface area contributed by atoms with Crippen LogP contribution in [0.3, 0.4) is 0 Å². The number of piperidine rings is 1. The standard InChI is InChI=1S/C13H20N2O2S2/c16-19(17,15-6-2-1-3-7-15)13-8-11(10-18-13)9-14-12-4-5-12/h8,10,12,14H,1-7,9H2. The highest BCUT2D eigenvalue weighted by Gasteiger charge is 2.27. The van der Waals surface area contributed by atoms with Gasteiger partial charge in [0.15, 0.2) is 0 Å². The van der Waals surface area contributed by atoms with E-state index in [1.807, 2.05) is 11.4 Å². The molecule has 1 saturated heterocycles. The molecule has 4 nitrogen and oxygen atoms in total. The number of nitrogens with zero attached hydrogens (tertiary/aromatic N) is 1. The van der Waals surface area contributed by atoms with E-state index < -0.39 is 10.0 Å². The first-order valence-corrected chi connectivity index (χ1v) is 9.29. The Labute approximate surface area is 118 Å². The molecule has 19 heavy (non-hydrogen) atoms. The molecule has 1 saturated carbocycles. The van der Waals surface area contributed by atoms with Crippen LogP contribution >= 0.6 is 11.3 Å². The van der Waals surface area contributed by atoms with Crippen LogP contribution < -0.4 is 5.32 Å². The largest absolute Gasteiger partial charge is 0.310 e. The molecule has 0 radical (unpaired) electrons. The lowest BCUT2D eigenvalue weighted by Crippen LogP contribution is -2.35. The molecule has 2 aliphatic rings. The van der Waals surface area contributed by atoms with Crippen molar-refractivity contribution in [2.24, 2.45) is 0 Å². The van der Waals surface area contributed by atoms with Crippen molar-refractivity contribution in [3.05, 3.63) is 17.0 Å². The van der Waals surface area contributed by atoms with E-state index in [9.17, 15) is 8.42 Å². The summed E-state index contributed by atoms with van der Waals surface area (Å²) in [5, 5.41) is 5.38. The van der Waals surface area contributed by atoms with Gasteiger partial charge >= 0.3 is 0 Å². The third-order valence-corrected chi connectivity index (χ3v) is 7.07. The average Bonchev–Trinajstić information content (AvgIpc) is 3.13. The molecule has 1 aliphatic heterocycles. The summed E-state index contributed by atoms with van der Waals surface area (Å²) in [5.74, 6) is 0. The van der Waals surface area contributed by atoms with Gasteiger partial charge in [-0.15, -0.1) is 11.3 Å². The predicted molar refractivity (Wildman–Crippen MR) is 76.8 cm³/mol. The Morgan fingerprint density at radius 3 is 2.68 bits per heavy atom. The second-order valence-electron chi connectivity index (χ2n) is 5.39. The van der Waals surface area contributed by atoms with E-state index in [4.69, 9.17) is 0 Å². The van der Waals surface area contributed by atoms with E-state index in [-0.39, 0.29) is 0 Å². The molecule has 1 aromatic rings. The summed E-state index contributed by atoms with van der Waals surface area (Å²) in [5.41, 5.74) is 1.09. The van der Waals surface area contributed by atoms with Crippen LogP contribution in [0.15, 0.2) is 15.7 Å². The Morgan fingerprint density at radius 1 is 1.26 bits per heavy atom.